The van der Waals surface area contributed by atoms with Gasteiger partial charge in [0.15, 0.2) is 0 Å². The van der Waals surface area contributed by atoms with E-state index in [1.165, 1.54) is 0 Å². The summed E-state index contributed by atoms with van der Waals surface area (Å²) < 4.78 is 0.188. The van der Waals surface area contributed by atoms with Crippen molar-refractivity contribution in [2.24, 2.45) is 17.3 Å². The fourth-order valence-electron chi connectivity index (χ4n) is 2.42. The Bertz CT molecular complexity index is 579. The Balaban J connectivity index is 2.10. The average Bonchev–Trinajstić information content (AvgIpc) is 2.84. The molecule has 1 aromatic rings. The van der Waals surface area contributed by atoms with E-state index in [1.807, 2.05) is 13.8 Å². The van der Waals surface area contributed by atoms with Gasteiger partial charge in [-0.1, -0.05) is 60.3 Å². The summed E-state index contributed by atoms with van der Waals surface area (Å²) in [5.74, 6) is -0.205. The van der Waals surface area contributed by atoms with Crippen molar-refractivity contribution in [3.05, 3.63) is 38.8 Å². The molecule has 1 aliphatic rings. The van der Waals surface area contributed by atoms with Gasteiger partial charge in [-0.25, -0.2) is 0 Å². The van der Waals surface area contributed by atoms with Crippen LogP contribution in [0.15, 0.2) is 28.8 Å². The van der Waals surface area contributed by atoms with Crippen LogP contribution in [-0.4, -0.2) is 5.91 Å². The maximum atomic E-state index is 12.3. The summed E-state index contributed by atoms with van der Waals surface area (Å²) in [5, 5.41) is 3.69. The Morgan fingerprint density at radius 2 is 1.90 bits per heavy atom. The molecule has 2 unspecified atom stereocenters. The Labute approximate surface area is 138 Å². The fraction of sp³-hybridized carbons (Fsp3) is 0.357. The van der Waals surface area contributed by atoms with Gasteiger partial charge in [0.25, 0.3) is 0 Å². The molecule has 0 radical (unpaired) electrons. The van der Waals surface area contributed by atoms with Crippen LogP contribution in [0.3, 0.4) is 0 Å². The first-order valence-corrected chi connectivity index (χ1v) is 7.53. The highest BCUT2D eigenvalue weighted by atomic mass is 35.5. The minimum Gasteiger partial charge on any atom is -0.326 e. The summed E-state index contributed by atoms with van der Waals surface area (Å²) in [6.07, 6.45) is 1.71. The van der Waals surface area contributed by atoms with Gasteiger partial charge < -0.3 is 5.32 Å². The molecule has 1 aromatic carbocycles. The number of carbonyl (C=O) groups excluding carboxylic acids is 1. The number of hydrogen-bond acceptors (Lipinski definition) is 1. The number of anilines is 1. The number of rotatable bonds is 3. The monoisotopic (exact) mass is 351 g/mol. The Morgan fingerprint density at radius 1 is 1.25 bits per heavy atom. The second-order valence-electron chi connectivity index (χ2n) is 5.40. The van der Waals surface area contributed by atoms with Gasteiger partial charge in [-0.2, -0.15) is 0 Å². The van der Waals surface area contributed by atoms with Gasteiger partial charge in [0.1, 0.15) is 4.49 Å². The molecule has 0 aromatic heterocycles. The number of amides is 1. The predicted octanol–water partition coefficient (Wildman–Crippen LogP) is 5.52. The molecule has 0 aliphatic heterocycles. The van der Waals surface area contributed by atoms with Crippen LogP contribution < -0.4 is 5.32 Å². The summed E-state index contributed by atoms with van der Waals surface area (Å²) in [5.41, 5.74) is 0.460. The molecule has 0 saturated heterocycles. The molecule has 2 rings (SSSR count). The summed E-state index contributed by atoms with van der Waals surface area (Å²) in [7, 11) is 0. The SMILES string of the molecule is CC1(C)C(C=C(Cl)Cl)C1C(=O)Nc1ccc(Cl)c(Cl)c1. The number of benzene rings is 1. The molecular formula is C14H13Cl4NO. The highest BCUT2D eigenvalue weighted by Crippen LogP contribution is 2.60. The predicted molar refractivity (Wildman–Crippen MR) is 85.6 cm³/mol. The Hall–Kier alpha value is -0.410. The zero-order chi connectivity index (χ0) is 15.1. The summed E-state index contributed by atoms with van der Waals surface area (Å²) in [6, 6.07) is 4.97. The Kier molecular flexibility index (Phi) is 4.60. The third-order valence-electron chi connectivity index (χ3n) is 3.69. The van der Waals surface area contributed by atoms with Crippen molar-refractivity contribution in [2.45, 2.75) is 13.8 Å². The van der Waals surface area contributed by atoms with Gasteiger partial charge in [0, 0.05) is 5.69 Å². The summed E-state index contributed by atoms with van der Waals surface area (Å²) in [4.78, 5) is 12.3. The van der Waals surface area contributed by atoms with Gasteiger partial charge in [0.05, 0.1) is 16.0 Å². The van der Waals surface area contributed by atoms with Gasteiger partial charge in [-0.3, -0.25) is 4.79 Å². The number of nitrogens with one attached hydrogen (secondary N) is 1. The first-order valence-electron chi connectivity index (χ1n) is 6.02. The van der Waals surface area contributed by atoms with E-state index in [9.17, 15) is 4.79 Å². The second-order valence-corrected chi connectivity index (χ2v) is 7.22. The lowest BCUT2D eigenvalue weighted by Gasteiger charge is -2.07. The number of allylic oxidation sites excluding steroid dienone is 1. The minimum absolute atomic E-state index is 0.0373. The van der Waals surface area contributed by atoms with Crippen LogP contribution in [-0.2, 0) is 4.79 Å². The molecule has 0 heterocycles. The van der Waals surface area contributed by atoms with Gasteiger partial charge in [0.2, 0.25) is 5.91 Å². The number of carbonyl (C=O) groups is 1. The molecule has 1 N–H and O–H groups in total. The van der Waals surface area contributed by atoms with Crippen LogP contribution in [0, 0.1) is 17.3 Å². The molecule has 2 atom stereocenters. The maximum absolute atomic E-state index is 12.3. The van der Waals surface area contributed by atoms with E-state index in [-0.39, 0.29) is 27.6 Å². The third kappa shape index (κ3) is 3.25. The van der Waals surface area contributed by atoms with Crippen LogP contribution in [0.25, 0.3) is 0 Å². The molecule has 2 nitrogen and oxygen atoms in total. The fourth-order valence-corrected chi connectivity index (χ4v) is 2.99. The molecule has 0 spiro atoms. The maximum Gasteiger partial charge on any atom is 0.228 e. The molecule has 1 aliphatic carbocycles. The molecule has 108 valence electrons. The van der Waals surface area contributed by atoms with Gasteiger partial charge >= 0.3 is 0 Å². The minimum atomic E-state index is -0.163. The standard InChI is InChI=1S/C14H13Cl4NO/c1-14(2)8(6-11(17)18)12(14)13(20)19-7-3-4-9(15)10(16)5-7/h3-6,8,12H,1-2H3,(H,19,20). The highest BCUT2D eigenvalue weighted by molar-refractivity contribution is 6.55. The lowest BCUT2D eigenvalue weighted by atomic mass is 10.1. The zero-order valence-corrected chi connectivity index (χ0v) is 13.9. The number of hydrogen-bond donors (Lipinski definition) is 1. The van der Waals surface area contributed by atoms with Crippen molar-refractivity contribution in [1.82, 2.24) is 0 Å². The van der Waals surface area contributed by atoms with E-state index in [0.717, 1.165) is 0 Å². The summed E-state index contributed by atoms with van der Waals surface area (Å²) in [6.45, 7) is 4.01. The molecule has 0 bridgehead atoms. The zero-order valence-electron chi connectivity index (χ0n) is 10.9. The highest BCUT2D eigenvalue weighted by Gasteiger charge is 2.60. The van der Waals surface area contributed by atoms with E-state index in [0.29, 0.717) is 15.7 Å². The molecular weight excluding hydrogens is 340 g/mol. The van der Waals surface area contributed by atoms with E-state index < -0.39 is 0 Å². The van der Waals surface area contributed by atoms with Crippen LogP contribution in [0.5, 0.6) is 0 Å². The van der Waals surface area contributed by atoms with E-state index in [2.05, 4.69) is 5.32 Å². The molecule has 20 heavy (non-hydrogen) atoms. The van der Waals surface area contributed by atoms with Crippen molar-refractivity contribution in [2.75, 3.05) is 5.32 Å². The Morgan fingerprint density at radius 3 is 2.45 bits per heavy atom. The van der Waals surface area contributed by atoms with E-state index >= 15 is 0 Å². The van der Waals surface area contributed by atoms with Crippen molar-refractivity contribution in [3.63, 3.8) is 0 Å². The summed E-state index contributed by atoms with van der Waals surface area (Å²) >= 11 is 23.1. The van der Waals surface area contributed by atoms with Crippen molar-refractivity contribution in [1.29, 1.82) is 0 Å². The second kappa shape index (κ2) is 5.76. The van der Waals surface area contributed by atoms with Crippen LogP contribution in [0.2, 0.25) is 10.0 Å². The van der Waals surface area contributed by atoms with E-state index in [4.69, 9.17) is 46.4 Å². The van der Waals surface area contributed by atoms with Crippen LogP contribution >= 0.6 is 46.4 Å². The van der Waals surface area contributed by atoms with Crippen LogP contribution in [0.1, 0.15) is 13.8 Å². The van der Waals surface area contributed by atoms with E-state index in [1.54, 1.807) is 24.3 Å². The van der Waals surface area contributed by atoms with Crippen LogP contribution in [0.4, 0.5) is 5.69 Å². The quantitative estimate of drug-likeness (QED) is 0.761. The lowest BCUT2D eigenvalue weighted by molar-refractivity contribution is -0.118. The van der Waals surface area contributed by atoms with Crippen molar-refractivity contribution in [3.8, 4) is 0 Å². The normalized spacial score (nSPS) is 23.1. The molecule has 1 amide bonds. The van der Waals surface area contributed by atoms with Crippen molar-refractivity contribution < 1.29 is 4.79 Å². The van der Waals surface area contributed by atoms with Gasteiger partial charge in [-0.15, -0.1) is 0 Å². The first kappa shape index (κ1) is 16.0. The first-order chi connectivity index (χ1) is 9.23. The third-order valence-corrected chi connectivity index (χ3v) is 4.68. The lowest BCUT2D eigenvalue weighted by Crippen LogP contribution is -2.16. The number of halogens is 4. The van der Waals surface area contributed by atoms with Gasteiger partial charge in [-0.05, 0) is 35.6 Å². The largest absolute Gasteiger partial charge is 0.326 e. The average molecular weight is 353 g/mol. The molecule has 6 heteroatoms. The smallest absolute Gasteiger partial charge is 0.228 e. The van der Waals surface area contributed by atoms with Crippen molar-refractivity contribution >= 4 is 58.0 Å². The molecule has 1 saturated carbocycles. The topological polar surface area (TPSA) is 29.1 Å². The molecule has 1 fully saturated rings.